The lowest BCUT2D eigenvalue weighted by atomic mass is 10.0. The van der Waals surface area contributed by atoms with Crippen molar-refractivity contribution in [2.24, 2.45) is 0 Å². The van der Waals surface area contributed by atoms with Crippen LogP contribution >= 0.6 is 0 Å². The predicted octanol–water partition coefficient (Wildman–Crippen LogP) is 34.7. The lowest BCUT2D eigenvalue weighted by Gasteiger charge is -2.12. The number of hydrogen-bond donors (Lipinski definition) is 0. The minimum atomic E-state index is 0.967. The van der Waals surface area contributed by atoms with Crippen LogP contribution in [0, 0.1) is 0 Å². The van der Waals surface area contributed by atoms with Gasteiger partial charge in [-0.15, -0.1) is 0 Å². The van der Waals surface area contributed by atoms with Gasteiger partial charge in [0.15, 0.2) is 0 Å². The number of benzene rings is 21. The first-order chi connectivity index (χ1) is 73.0. The summed E-state index contributed by atoms with van der Waals surface area (Å²) < 4.78 is 21.8. The topological polar surface area (TPSA) is 81.5 Å². The van der Waals surface area contributed by atoms with E-state index in [2.05, 4.69) is 482 Å². The van der Waals surface area contributed by atoms with Gasteiger partial charge in [-0.2, -0.15) is 0 Å². The minimum absolute atomic E-state index is 0.967. The Morgan fingerprint density at radius 1 is 0.136 bits per heavy atom. The van der Waals surface area contributed by atoms with E-state index in [0.29, 0.717) is 0 Å². The summed E-state index contributed by atoms with van der Waals surface area (Å²) in [5, 5.41) is 38.0. The van der Waals surface area contributed by atoms with Gasteiger partial charge in [0.2, 0.25) is 0 Å². The monoisotopic (exact) mass is 1870 g/mol. The Labute approximate surface area is 835 Å². The smallest absolute Gasteiger partial charge is 0.145 e. The molecule has 0 radical (unpaired) electrons. The molecule has 147 heavy (non-hydrogen) atoms. The number of aromatic nitrogens is 12. The standard InChI is InChI=1S/3C45H26N4/c1-2-12-28-24-40-36(23-27(28)11-1)43-42-34-17-5-8-21-39(34)47(41(42)26-35-32-16-4-7-20-38(32)49(40)44(35)43)29-13-9-14-30(25-29)48-37-19-6-3-15-31(37)33-18-10-22-46-45(33)48;1-2-11-28-25-40-36(24-27(28)10-1)43-42-34-14-5-8-18-39(34)47(41(42)26-35-32-13-4-7-17-38(32)49(40)44(35)43)29-19-21-30(22-20-29)48-37-16-6-3-12-31(37)33-15-9-23-46-45(33)48;1-2-10-28-24-40-36(23-27(28)9-1)44-43-34-13-5-8-16-39(34)47(41(43)25-35-32-12-4-7-15-38(32)49(40)45(35)44)29-17-19-30(20-18-29)48-37-14-6-3-11-31(37)33-21-22-46-26-42(33)48/h3*1-26H. The first kappa shape index (κ1) is 78.8. The van der Waals surface area contributed by atoms with Crippen LogP contribution in [0.4, 0.5) is 0 Å². The average molecular weight is 1870 g/mol. The van der Waals surface area contributed by atoms with E-state index >= 15 is 0 Å². The summed E-state index contributed by atoms with van der Waals surface area (Å²) in [6.45, 7) is 0. The van der Waals surface area contributed by atoms with Gasteiger partial charge in [0.05, 0.1) is 111 Å². The van der Waals surface area contributed by atoms with Gasteiger partial charge in [0.25, 0.3) is 0 Å². The molecule has 0 unspecified atom stereocenters. The van der Waals surface area contributed by atoms with Gasteiger partial charge in [0, 0.05) is 182 Å². The summed E-state index contributed by atoms with van der Waals surface area (Å²) in [6, 6.07) is 164. The second-order valence-electron chi connectivity index (χ2n) is 39.6. The summed E-state index contributed by atoms with van der Waals surface area (Å²) in [5.41, 5.74) is 31.9. The molecule has 0 aliphatic carbocycles. The van der Waals surface area contributed by atoms with Crippen LogP contribution < -0.4 is 0 Å². The minimum Gasteiger partial charge on any atom is -0.309 e. The molecule has 0 amide bonds. The van der Waals surface area contributed by atoms with Crippen molar-refractivity contribution in [1.29, 1.82) is 0 Å². The third kappa shape index (κ3) is 10.6. The number of para-hydroxylation sites is 9. The molecule has 0 spiro atoms. The largest absolute Gasteiger partial charge is 0.309 e. The highest BCUT2D eigenvalue weighted by Gasteiger charge is 2.31. The summed E-state index contributed by atoms with van der Waals surface area (Å²) in [7, 11) is 0. The quantitative estimate of drug-likeness (QED) is 0.166. The highest BCUT2D eigenvalue weighted by Crippen LogP contribution is 2.54. The van der Waals surface area contributed by atoms with Crippen LogP contribution in [0.5, 0.6) is 0 Å². The Hall–Kier alpha value is -20.0. The fraction of sp³-hybridized carbons (Fsp3) is 0. The normalized spacial score (nSPS) is 12.5. The molecule has 0 saturated carbocycles. The Kier molecular flexibility index (Phi) is 15.7. The predicted molar refractivity (Wildman–Crippen MR) is 615 cm³/mol. The van der Waals surface area contributed by atoms with Gasteiger partial charge in [-0.25, -0.2) is 9.97 Å². The third-order valence-corrected chi connectivity index (χ3v) is 32.3. The molecule has 12 nitrogen and oxygen atoms in total. The molecule has 0 atom stereocenters. The Balaban J connectivity index is 0.0000000945. The number of rotatable bonds is 6. The van der Waals surface area contributed by atoms with Gasteiger partial charge in [-0.3, -0.25) is 14.1 Å². The van der Waals surface area contributed by atoms with Crippen molar-refractivity contribution >= 4 is 278 Å². The lowest BCUT2D eigenvalue weighted by Crippen LogP contribution is -1.99. The molecular formula is C135H78N12. The molecule has 0 N–H and O–H groups in total. The van der Waals surface area contributed by atoms with Crippen LogP contribution in [0.15, 0.2) is 474 Å². The SMILES string of the molecule is c1cc(-n2c3ccccc3c3c4c5cc6ccccc6cc5n5c6ccccc6c(cc32)c45)cc(-n2c3ccccc3c3cccnc32)c1.c1ccc2cc3c(cc2c1)c1c2c4ccccc4n(-c4ccc(-n5c6ccccc6c6cccnc65)cc4)c2cc2c4ccccc4n3c21.c1ccc2cc3c(cc2c1)c1c2c4ccccc4n(-c4ccc(-n5c6ccccc6c6ccncc65)cc4)c2cc2c4ccccc4n3c21. The van der Waals surface area contributed by atoms with E-state index in [-0.39, 0.29) is 0 Å². The first-order valence-electron chi connectivity index (χ1n) is 50.4. The molecule has 12 heteroatoms. The Morgan fingerprint density at radius 3 is 0.762 bits per heavy atom. The van der Waals surface area contributed by atoms with E-state index in [9.17, 15) is 0 Å². The molecule has 678 valence electrons. The van der Waals surface area contributed by atoms with Crippen LogP contribution in [0.2, 0.25) is 0 Å². The van der Waals surface area contributed by atoms with Crippen LogP contribution in [-0.4, -0.2) is 55.6 Å². The third-order valence-electron chi connectivity index (χ3n) is 32.3. The Bertz CT molecular complexity index is 11500. The highest BCUT2D eigenvalue weighted by molar-refractivity contribution is 6.40. The summed E-state index contributed by atoms with van der Waals surface area (Å²) in [6.07, 6.45) is 7.63. The maximum absolute atomic E-state index is 4.87. The number of nitrogens with zero attached hydrogens (tertiary/aromatic N) is 12. The number of hydrogen-bond acceptors (Lipinski definition) is 3. The van der Waals surface area contributed by atoms with Crippen molar-refractivity contribution in [1.82, 2.24) is 55.6 Å². The van der Waals surface area contributed by atoms with E-state index in [0.717, 1.165) is 67.4 Å². The molecule has 0 bridgehead atoms. The van der Waals surface area contributed by atoms with Crippen LogP contribution in [0.25, 0.3) is 312 Å². The molecule has 0 aliphatic rings. The van der Waals surface area contributed by atoms with E-state index < -0.39 is 0 Å². The fourth-order valence-electron chi connectivity index (χ4n) is 26.4. The second kappa shape index (κ2) is 29.4. The van der Waals surface area contributed by atoms with E-state index in [4.69, 9.17) is 9.97 Å². The van der Waals surface area contributed by atoms with Crippen LogP contribution in [-0.2, 0) is 0 Å². The summed E-state index contributed by atoms with van der Waals surface area (Å²) in [4.78, 5) is 14.2. The zero-order valence-corrected chi connectivity index (χ0v) is 78.9. The molecule has 36 aromatic rings. The van der Waals surface area contributed by atoms with E-state index in [1.54, 1.807) is 0 Å². The zero-order chi connectivity index (χ0) is 95.4. The first-order valence-corrected chi connectivity index (χ1v) is 50.4. The van der Waals surface area contributed by atoms with Gasteiger partial charge >= 0.3 is 0 Å². The van der Waals surface area contributed by atoms with Crippen LogP contribution in [0.3, 0.4) is 0 Å². The number of fused-ring (bicyclic) bond motifs is 42. The summed E-state index contributed by atoms with van der Waals surface area (Å²) >= 11 is 0. The van der Waals surface area contributed by atoms with Crippen molar-refractivity contribution in [3.8, 4) is 34.1 Å². The summed E-state index contributed by atoms with van der Waals surface area (Å²) in [5.74, 6) is 0. The molecule has 0 saturated heterocycles. The zero-order valence-electron chi connectivity index (χ0n) is 78.9. The molecule has 0 aliphatic heterocycles. The number of pyridine rings is 3. The maximum Gasteiger partial charge on any atom is 0.145 e. The molecule has 21 aromatic carbocycles. The van der Waals surface area contributed by atoms with Gasteiger partial charge in [-0.05, 0) is 239 Å². The van der Waals surface area contributed by atoms with Crippen molar-refractivity contribution in [3.63, 3.8) is 0 Å². The van der Waals surface area contributed by atoms with E-state index in [1.807, 2.05) is 36.9 Å². The Morgan fingerprint density at radius 2 is 0.395 bits per heavy atom. The van der Waals surface area contributed by atoms with Gasteiger partial charge in [-0.1, -0.05) is 243 Å². The lowest BCUT2D eigenvalue weighted by molar-refractivity contribution is 1.11. The fourth-order valence-corrected chi connectivity index (χ4v) is 26.4. The van der Waals surface area contributed by atoms with Crippen molar-refractivity contribution < 1.29 is 0 Å². The molecular weight excluding hydrogens is 1790 g/mol. The van der Waals surface area contributed by atoms with Crippen LogP contribution in [0.1, 0.15) is 0 Å². The van der Waals surface area contributed by atoms with Crippen molar-refractivity contribution in [2.75, 3.05) is 0 Å². The molecule has 15 heterocycles. The van der Waals surface area contributed by atoms with Gasteiger partial charge in [0.1, 0.15) is 11.3 Å². The van der Waals surface area contributed by atoms with E-state index in [1.165, 1.54) is 244 Å². The average Bonchev–Trinajstić information content (AvgIpc) is 1.52. The molecule has 0 fully saturated rings. The highest BCUT2D eigenvalue weighted by atomic mass is 15.1. The van der Waals surface area contributed by atoms with Crippen molar-refractivity contribution in [2.45, 2.75) is 0 Å². The van der Waals surface area contributed by atoms with Gasteiger partial charge < -0.3 is 31.5 Å². The second-order valence-corrected chi connectivity index (χ2v) is 39.6. The maximum atomic E-state index is 4.87. The molecule has 36 rings (SSSR count). The molecule has 15 aromatic heterocycles. The van der Waals surface area contributed by atoms with Crippen molar-refractivity contribution in [3.05, 3.63) is 474 Å².